The molecule has 0 unspecified atom stereocenters. The molecule has 1 heterocycles. The number of aromatic nitrogens is 1. The van der Waals surface area contributed by atoms with Crippen molar-refractivity contribution in [3.63, 3.8) is 0 Å². The number of fused-ring (bicyclic) bond motifs is 2. The van der Waals surface area contributed by atoms with Gasteiger partial charge in [-0.15, -0.1) is 11.3 Å². The second-order valence-electron chi connectivity index (χ2n) is 7.83. The van der Waals surface area contributed by atoms with E-state index in [-0.39, 0.29) is 18.1 Å². The van der Waals surface area contributed by atoms with Crippen LogP contribution in [-0.4, -0.2) is 16.0 Å². The Balaban J connectivity index is 1.35. The Morgan fingerprint density at radius 2 is 1.62 bits per heavy atom. The van der Waals surface area contributed by atoms with Gasteiger partial charge in [0.05, 0.1) is 17.1 Å². The first-order chi connectivity index (χ1) is 15.6. The van der Waals surface area contributed by atoms with Gasteiger partial charge in [-0.25, -0.2) is 4.98 Å². The van der Waals surface area contributed by atoms with Crippen LogP contribution in [0.15, 0.2) is 78.9 Å². The summed E-state index contributed by atoms with van der Waals surface area (Å²) in [6.45, 7) is 1.96. The summed E-state index contributed by atoms with van der Waals surface area (Å²) in [6.07, 6.45) is 1.02. The number of anilines is 1. The average molecular weight is 439 g/mol. The fraction of sp³-hybridized carbons (Fsp3) is 0.111. The highest BCUT2D eigenvalue weighted by atomic mass is 32.1. The number of aryl methyl sites for hydroxylation is 1. The number of hydrogen-bond acceptors (Lipinski definition) is 4. The van der Waals surface area contributed by atoms with Gasteiger partial charge in [-0.1, -0.05) is 66.7 Å². The zero-order valence-electron chi connectivity index (χ0n) is 17.6. The summed E-state index contributed by atoms with van der Waals surface area (Å²) < 4.78 is 0. The van der Waals surface area contributed by atoms with Crippen LogP contribution in [-0.2, 0) is 17.6 Å². The van der Waals surface area contributed by atoms with Gasteiger partial charge in [0, 0.05) is 27.8 Å². The molecule has 0 spiro atoms. The number of amides is 1. The molecule has 0 saturated carbocycles. The van der Waals surface area contributed by atoms with Gasteiger partial charge < -0.3 is 10.4 Å². The van der Waals surface area contributed by atoms with Gasteiger partial charge in [-0.2, -0.15) is 0 Å². The van der Waals surface area contributed by atoms with Crippen LogP contribution < -0.4 is 5.32 Å². The number of aromatic hydroxyl groups is 1. The van der Waals surface area contributed by atoms with Gasteiger partial charge >= 0.3 is 0 Å². The summed E-state index contributed by atoms with van der Waals surface area (Å²) in [6, 6.07) is 25.5. The van der Waals surface area contributed by atoms with Gasteiger partial charge in [0.1, 0.15) is 5.75 Å². The van der Waals surface area contributed by atoms with Crippen LogP contribution >= 0.6 is 11.3 Å². The maximum Gasteiger partial charge on any atom is 0.229 e. The minimum absolute atomic E-state index is 0.0932. The highest BCUT2D eigenvalue weighted by molar-refractivity contribution is 7.11. The molecule has 158 valence electrons. The zero-order valence-corrected chi connectivity index (χ0v) is 18.4. The molecule has 0 bridgehead atoms. The van der Waals surface area contributed by atoms with E-state index in [2.05, 4.69) is 41.7 Å². The minimum Gasteiger partial charge on any atom is -0.507 e. The van der Waals surface area contributed by atoms with Crippen LogP contribution in [0.1, 0.15) is 21.1 Å². The molecule has 0 radical (unpaired) electrons. The van der Waals surface area contributed by atoms with E-state index in [0.29, 0.717) is 5.69 Å². The summed E-state index contributed by atoms with van der Waals surface area (Å²) in [7, 11) is 0. The van der Waals surface area contributed by atoms with Crippen molar-refractivity contribution in [1.29, 1.82) is 0 Å². The summed E-state index contributed by atoms with van der Waals surface area (Å²) in [5.41, 5.74) is 2.83. The van der Waals surface area contributed by atoms with Crippen LogP contribution in [0.2, 0.25) is 0 Å². The predicted octanol–water partition coefficient (Wildman–Crippen LogP) is 6.24. The molecule has 0 aliphatic rings. The van der Waals surface area contributed by atoms with Crippen molar-refractivity contribution in [2.75, 3.05) is 5.32 Å². The van der Waals surface area contributed by atoms with E-state index >= 15 is 0 Å². The first kappa shape index (κ1) is 20.2. The molecule has 0 atom stereocenters. The van der Waals surface area contributed by atoms with Crippen LogP contribution in [0.4, 0.5) is 5.69 Å². The first-order valence-corrected chi connectivity index (χ1v) is 11.3. The molecule has 5 rings (SSSR count). The lowest BCUT2D eigenvalue weighted by atomic mass is 10.0. The molecule has 0 aliphatic heterocycles. The molecule has 5 aromatic rings. The third kappa shape index (κ3) is 3.95. The second-order valence-corrected chi connectivity index (χ2v) is 9.00. The SMILES string of the molecule is Cc1nc(Cc2cccc3ccccc23)sc1CC(=O)Nc1cccc2c(O)cccc12. The van der Waals surface area contributed by atoms with Crippen molar-refractivity contribution in [1.82, 2.24) is 4.98 Å². The fourth-order valence-corrected chi connectivity index (χ4v) is 5.17. The molecule has 2 N–H and O–H groups in total. The first-order valence-electron chi connectivity index (χ1n) is 10.5. The molecular formula is C27H22N2O2S. The highest BCUT2D eigenvalue weighted by Gasteiger charge is 2.14. The quantitative estimate of drug-likeness (QED) is 0.342. The van der Waals surface area contributed by atoms with Crippen molar-refractivity contribution >= 4 is 44.5 Å². The Morgan fingerprint density at radius 1 is 0.906 bits per heavy atom. The van der Waals surface area contributed by atoms with Crippen molar-refractivity contribution in [3.8, 4) is 5.75 Å². The van der Waals surface area contributed by atoms with Gasteiger partial charge in [0.15, 0.2) is 0 Å². The van der Waals surface area contributed by atoms with Crippen molar-refractivity contribution in [2.24, 2.45) is 0 Å². The standard InChI is InChI=1S/C27H22N2O2S/c1-17-25(16-26(31)29-23-13-5-12-22-21(23)11-6-14-24(22)30)32-27(28-17)15-19-9-4-8-18-7-2-3-10-20(18)19/h2-14,30H,15-16H2,1H3,(H,29,31). The van der Waals surface area contributed by atoms with Crippen LogP contribution in [0, 0.1) is 6.92 Å². The Kier molecular flexibility index (Phi) is 5.33. The maximum absolute atomic E-state index is 12.8. The normalized spacial score (nSPS) is 11.2. The smallest absolute Gasteiger partial charge is 0.229 e. The molecule has 1 amide bonds. The molecule has 0 fully saturated rings. The van der Waals surface area contributed by atoms with Gasteiger partial charge in [-0.3, -0.25) is 4.79 Å². The number of carbonyl (C=O) groups excluding carboxylic acids is 1. The highest BCUT2D eigenvalue weighted by Crippen LogP contribution is 2.30. The average Bonchev–Trinajstić information content (AvgIpc) is 3.13. The lowest BCUT2D eigenvalue weighted by Crippen LogP contribution is -2.14. The number of hydrogen-bond donors (Lipinski definition) is 2. The van der Waals surface area contributed by atoms with Crippen LogP contribution in [0.5, 0.6) is 5.75 Å². The van der Waals surface area contributed by atoms with E-state index < -0.39 is 0 Å². The molecule has 1 aromatic heterocycles. The summed E-state index contributed by atoms with van der Waals surface area (Å²) in [4.78, 5) is 18.5. The molecule has 4 nitrogen and oxygen atoms in total. The topological polar surface area (TPSA) is 62.2 Å². The lowest BCUT2D eigenvalue weighted by molar-refractivity contribution is -0.115. The molecule has 5 heteroatoms. The number of rotatable bonds is 5. The van der Waals surface area contributed by atoms with Crippen molar-refractivity contribution < 1.29 is 9.90 Å². The number of benzene rings is 4. The lowest BCUT2D eigenvalue weighted by Gasteiger charge is -2.09. The number of nitrogens with one attached hydrogen (secondary N) is 1. The zero-order chi connectivity index (χ0) is 22.1. The van der Waals surface area contributed by atoms with Gasteiger partial charge in [0.2, 0.25) is 5.91 Å². The second kappa shape index (κ2) is 8.44. The molecule has 4 aromatic carbocycles. The van der Waals surface area contributed by atoms with E-state index in [9.17, 15) is 9.90 Å². The summed E-state index contributed by atoms with van der Waals surface area (Å²) in [5.74, 6) is 0.110. The fourth-order valence-electron chi connectivity index (χ4n) is 4.08. The largest absolute Gasteiger partial charge is 0.507 e. The summed E-state index contributed by atoms with van der Waals surface area (Å²) >= 11 is 1.60. The third-order valence-electron chi connectivity index (χ3n) is 5.65. The Hall–Kier alpha value is -3.70. The van der Waals surface area contributed by atoms with E-state index in [0.717, 1.165) is 32.8 Å². The van der Waals surface area contributed by atoms with Crippen LogP contribution in [0.25, 0.3) is 21.5 Å². The van der Waals surface area contributed by atoms with E-state index in [1.807, 2.05) is 37.3 Å². The molecular weight excluding hydrogens is 416 g/mol. The number of nitrogens with zero attached hydrogens (tertiary/aromatic N) is 1. The molecule has 0 saturated heterocycles. The number of carbonyl (C=O) groups is 1. The van der Waals surface area contributed by atoms with Gasteiger partial charge in [0.25, 0.3) is 0 Å². The van der Waals surface area contributed by atoms with E-state index in [1.54, 1.807) is 23.5 Å². The molecule has 32 heavy (non-hydrogen) atoms. The molecule has 0 aliphatic carbocycles. The number of phenols is 1. The number of thiazole rings is 1. The maximum atomic E-state index is 12.8. The Labute approximate surface area is 190 Å². The van der Waals surface area contributed by atoms with E-state index in [1.165, 1.54) is 16.3 Å². The third-order valence-corrected chi connectivity index (χ3v) is 6.81. The van der Waals surface area contributed by atoms with Crippen LogP contribution in [0.3, 0.4) is 0 Å². The monoisotopic (exact) mass is 438 g/mol. The van der Waals surface area contributed by atoms with Crippen molar-refractivity contribution in [3.05, 3.63) is 100 Å². The Bertz CT molecular complexity index is 1450. The van der Waals surface area contributed by atoms with Gasteiger partial charge in [-0.05, 0) is 35.4 Å². The Morgan fingerprint density at radius 3 is 2.53 bits per heavy atom. The summed E-state index contributed by atoms with van der Waals surface area (Å²) in [5, 5.41) is 18.1. The number of phenolic OH excluding ortho intramolecular Hbond substituents is 1. The predicted molar refractivity (Wildman–Crippen MR) is 132 cm³/mol. The van der Waals surface area contributed by atoms with E-state index in [4.69, 9.17) is 4.98 Å². The van der Waals surface area contributed by atoms with Crippen molar-refractivity contribution in [2.45, 2.75) is 19.8 Å². The minimum atomic E-state index is -0.0932.